The number of rotatable bonds is 7. The summed E-state index contributed by atoms with van der Waals surface area (Å²) < 4.78 is 38.4. The standard InChI is InChI=1S/C30H34ClFN4O5S/c1-16(2)39-24-11-10-18(12-22(24)33-9)26-34-35-27(42-26)19-13-21(32)25(14-20(19)31)38-15-23-17(3)40-30(7,8)36(23)28(37)41-29(4,5)6/h10-14,16-17,23H,15H2,1-8H3/t17-,23+/m0/s1. The minimum atomic E-state index is -0.942. The van der Waals surface area contributed by atoms with Crippen molar-refractivity contribution in [1.29, 1.82) is 0 Å². The van der Waals surface area contributed by atoms with Crippen LogP contribution < -0.4 is 9.47 Å². The van der Waals surface area contributed by atoms with Gasteiger partial charge in [-0.15, -0.1) is 10.2 Å². The molecule has 1 amide bonds. The molecule has 42 heavy (non-hydrogen) atoms. The van der Waals surface area contributed by atoms with Gasteiger partial charge >= 0.3 is 6.09 Å². The summed E-state index contributed by atoms with van der Waals surface area (Å²) in [6.45, 7) is 22.0. The van der Waals surface area contributed by atoms with Crippen LogP contribution in [0.4, 0.5) is 14.9 Å². The zero-order valence-corrected chi connectivity index (χ0v) is 26.4. The number of amides is 1. The molecule has 0 saturated carbocycles. The van der Waals surface area contributed by atoms with Crippen molar-refractivity contribution in [2.24, 2.45) is 0 Å². The summed E-state index contributed by atoms with van der Waals surface area (Å²) in [6.07, 6.45) is -1.00. The quantitative estimate of drug-likeness (QED) is 0.248. The van der Waals surface area contributed by atoms with Crippen LogP contribution in [0.2, 0.25) is 5.02 Å². The van der Waals surface area contributed by atoms with Crippen molar-refractivity contribution in [3.8, 4) is 32.6 Å². The largest absolute Gasteiger partial charge is 0.502 e. The van der Waals surface area contributed by atoms with Crippen molar-refractivity contribution in [1.82, 2.24) is 15.1 Å². The number of carbonyl (C=O) groups is 1. The first kappa shape index (κ1) is 31.5. The van der Waals surface area contributed by atoms with Gasteiger partial charge in [-0.05, 0) is 73.6 Å². The van der Waals surface area contributed by atoms with Gasteiger partial charge in [0.05, 0.1) is 29.8 Å². The molecule has 0 aliphatic carbocycles. The predicted octanol–water partition coefficient (Wildman–Crippen LogP) is 8.14. The Labute approximate surface area is 254 Å². The molecular formula is C30H34ClFN4O5S. The third kappa shape index (κ3) is 6.94. The molecule has 9 nitrogen and oxygen atoms in total. The van der Waals surface area contributed by atoms with Crippen LogP contribution in [0.3, 0.4) is 0 Å². The Balaban J connectivity index is 1.53. The molecule has 0 unspecified atom stereocenters. The summed E-state index contributed by atoms with van der Waals surface area (Å²) >= 11 is 7.77. The molecule has 1 fully saturated rings. The topological polar surface area (TPSA) is 87.4 Å². The van der Waals surface area contributed by atoms with Crippen LogP contribution in [0.1, 0.15) is 55.4 Å². The summed E-state index contributed by atoms with van der Waals surface area (Å²) in [6, 6.07) is 7.30. The number of hydrogen-bond acceptors (Lipinski definition) is 8. The van der Waals surface area contributed by atoms with Gasteiger partial charge in [0.1, 0.15) is 33.7 Å². The predicted molar refractivity (Wildman–Crippen MR) is 160 cm³/mol. The molecular weight excluding hydrogens is 583 g/mol. The SMILES string of the molecule is [C-]#[N+]c1cc(-c2nnc(-c3cc(F)c(OC[C@@H]4[C@H](C)OC(C)(C)N4C(=O)OC(C)(C)C)cc3Cl)s2)ccc1OC(C)C. The first-order chi connectivity index (χ1) is 19.6. The normalized spacial score (nSPS) is 18.2. The molecule has 0 bridgehead atoms. The Hall–Kier alpha value is -3.46. The van der Waals surface area contributed by atoms with Crippen molar-refractivity contribution >= 4 is 34.7 Å². The maximum absolute atomic E-state index is 15.3. The van der Waals surface area contributed by atoms with Gasteiger partial charge in [0.25, 0.3) is 0 Å². The minimum absolute atomic E-state index is 0.0424. The van der Waals surface area contributed by atoms with E-state index in [0.29, 0.717) is 32.6 Å². The number of carbonyl (C=O) groups excluding carboxylic acids is 1. The average Bonchev–Trinajstić information content (AvgIpc) is 3.44. The fourth-order valence-electron chi connectivity index (χ4n) is 4.59. The Kier molecular flexibility index (Phi) is 9.02. The van der Waals surface area contributed by atoms with E-state index in [-0.39, 0.29) is 29.6 Å². The van der Waals surface area contributed by atoms with Gasteiger partial charge in [0.2, 0.25) is 5.69 Å². The Morgan fingerprint density at radius 2 is 1.90 bits per heavy atom. The van der Waals surface area contributed by atoms with Gasteiger partial charge in [0, 0.05) is 17.2 Å². The summed E-state index contributed by atoms with van der Waals surface area (Å²) in [4.78, 5) is 18.1. The summed E-state index contributed by atoms with van der Waals surface area (Å²) in [5.74, 6) is -0.228. The van der Waals surface area contributed by atoms with Crippen LogP contribution in [-0.2, 0) is 9.47 Å². The fraction of sp³-hybridized carbons (Fsp3) is 0.467. The number of hydrogen-bond donors (Lipinski definition) is 0. The second-order valence-corrected chi connectivity index (χ2v) is 13.0. The van der Waals surface area contributed by atoms with Crippen molar-refractivity contribution in [2.75, 3.05) is 6.61 Å². The van der Waals surface area contributed by atoms with E-state index < -0.39 is 29.3 Å². The summed E-state index contributed by atoms with van der Waals surface area (Å²) in [7, 11) is 0. The minimum Gasteiger partial charge on any atom is -0.502 e. The lowest BCUT2D eigenvalue weighted by Gasteiger charge is -2.35. The number of halogens is 2. The van der Waals surface area contributed by atoms with Gasteiger partial charge in [0.15, 0.2) is 11.6 Å². The summed E-state index contributed by atoms with van der Waals surface area (Å²) in [5, 5.41) is 9.61. The van der Waals surface area contributed by atoms with Crippen molar-refractivity contribution < 1.29 is 28.1 Å². The molecule has 2 heterocycles. The molecule has 1 saturated heterocycles. The van der Waals surface area contributed by atoms with E-state index in [1.807, 2.05) is 20.8 Å². The summed E-state index contributed by atoms with van der Waals surface area (Å²) in [5.41, 5.74) is -0.246. The third-order valence-corrected chi connectivity index (χ3v) is 7.61. The number of aromatic nitrogens is 2. The van der Waals surface area contributed by atoms with Crippen molar-refractivity contribution in [2.45, 2.75) is 85.0 Å². The van der Waals surface area contributed by atoms with Gasteiger partial charge in [-0.3, -0.25) is 4.90 Å². The molecule has 12 heteroatoms. The van der Waals surface area contributed by atoms with E-state index in [0.717, 1.165) is 0 Å². The first-order valence-corrected chi connectivity index (χ1v) is 14.6. The molecule has 224 valence electrons. The van der Waals surface area contributed by atoms with E-state index in [2.05, 4.69) is 15.0 Å². The number of ether oxygens (including phenoxy) is 4. The molecule has 2 aromatic carbocycles. The van der Waals surface area contributed by atoms with E-state index in [9.17, 15) is 4.79 Å². The monoisotopic (exact) mass is 616 g/mol. The fourth-order valence-corrected chi connectivity index (χ4v) is 5.76. The van der Waals surface area contributed by atoms with E-state index in [1.165, 1.54) is 28.4 Å². The highest BCUT2D eigenvalue weighted by atomic mass is 35.5. The second kappa shape index (κ2) is 12.0. The van der Waals surface area contributed by atoms with Crippen LogP contribution in [0.15, 0.2) is 30.3 Å². The Bertz CT molecular complexity index is 1510. The molecule has 0 radical (unpaired) electrons. The van der Waals surface area contributed by atoms with E-state index >= 15 is 4.39 Å². The van der Waals surface area contributed by atoms with Gasteiger partial charge in [-0.2, -0.15) is 0 Å². The third-order valence-electron chi connectivity index (χ3n) is 6.29. The number of benzene rings is 2. The van der Waals surface area contributed by atoms with Gasteiger partial charge < -0.3 is 18.9 Å². The zero-order chi connectivity index (χ0) is 31.0. The molecule has 1 aliphatic heterocycles. The molecule has 1 aliphatic rings. The van der Waals surface area contributed by atoms with Crippen LogP contribution >= 0.6 is 22.9 Å². The molecule has 3 aromatic rings. The lowest BCUT2D eigenvalue weighted by Crippen LogP contribution is -2.52. The average molecular weight is 617 g/mol. The van der Waals surface area contributed by atoms with Crippen molar-refractivity contribution in [3.05, 3.63) is 52.6 Å². The van der Waals surface area contributed by atoms with Crippen molar-refractivity contribution in [3.63, 3.8) is 0 Å². The molecule has 2 atom stereocenters. The Morgan fingerprint density at radius 3 is 2.55 bits per heavy atom. The lowest BCUT2D eigenvalue weighted by molar-refractivity contribution is -0.0760. The van der Waals surface area contributed by atoms with Gasteiger partial charge in [-0.1, -0.05) is 29.0 Å². The highest BCUT2D eigenvalue weighted by Gasteiger charge is 2.50. The van der Waals surface area contributed by atoms with Crippen LogP contribution in [0.5, 0.6) is 11.5 Å². The zero-order valence-electron chi connectivity index (χ0n) is 24.8. The highest BCUT2D eigenvalue weighted by molar-refractivity contribution is 7.18. The number of nitrogens with zero attached hydrogens (tertiary/aromatic N) is 4. The van der Waals surface area contributed by atoms with E-state index in [1.54, 1.807) is 52.8 Å². The van der Waals surface area contributed by atoms with Crippen LogP contribution in [-0.4, -0.2) is 57.4 Å². The highest BCUT2D eigenvalue weighted by Crippen LogP contribution is 2.40. The molecule has 0 N–H and O–H groups in total. The van der Waals surface area contributed by atoms with Crippen LogP contribution in [0.25, 0.3) is 26.0 Å². The first-order valence-electron chi connectivity index (χ1n) is 13.4. The van der Waals surface area contributed by atoms with Gasteiger partial charge in [-0.25, -0.2) is 14.0 Å². The molecule has 4 rings (SSSR count). The Morgan fingerprint density at radius 1 is 1.21 bits per heavy atom. The molecule has 1 aromatic heterocycles. The maximum Gasteiger partial charge on any atom is 0.413 e. The molecule has 0 spiro atoms. The lowest BCUT2D eigenvalue weighted by atomic mass is 10.1. The smallest absolute Gasteiger partial charge is 0.413 e. The van der Waals surface area contributed by atoms with E-state index in [4.69, 9.17) is 37.1 Å². The second-order valence-electron chi connectivity index (χ2n) is 11.6. The maximum atomic E-state index is 15.3. The van der Waals surface area contributed by atoms with Crippen LogP contribution in [0, 0.1) is 12.4 Å².